The molecule has 0 unspecified atom stereocenters. The first-order valence-corrected chi connectivity index (χ1v) is 8.35. The van der Waals surface area contributed by atoms with Gasteiger partial charge in [-0.3, -0.25) is 4.79 Å². The Bertz CT molecular complexity index is 920. The molecule has 2 aromatic heterocycles. The van der Waals surface area contributed by atoms with E-state index in [0.717, 1.165) is 17.0 Å². The zero-order valence-electron chi connectivity index (χ0n) is 14.7. The summed E-state index contributed by atoms with van der Waals surface area (Å²) in [4.78, 5) is 20.5. The molecule has 26 heavy (non-hydrogen) atoms. The standard InChI is InChI=1S/C18H18ClN5O2/c1-11-12(2)23-24(13(11)3)18-20-8-15(9-21-18)22-17(25)10-26-16-6-4-14(19)5-7-16/h4-9H,10H2,1-3H3,(H,22,25). The van der Waals surface area contributed by atoms with E-state index < -0.39 is 0 Å². The van der Waals surface area contributed by atoms with E-state index in [4.69, 9.17) is 16.3 Å². The molecule has 0 radical (unpaired) electrons. The average Bonchev–Trinajstić information content (AvgIpc) is 2.89. The number of anilines is 1. The van der Waals surface area contributed by atoms with E-state index in [0.29, 0.717) is 22.4 Å². The quantitative estimate of drug-likeness (QED) is 0.744. The van der Waals surface area contributed by atoms with Crippen molar-refractivity contribution in [2.45, 2.75) is 20.8 Å². The first-order valence-electron chi connectivity index (χ1n) is 7.97. The number of hydrogen-bond donors (Lipinski definition) is 1. The summed E-state index contributed by atoms with van der Waals surface area (Å²) in [6, 6.07) is 6.79. The summed E-state index contributed by atoms with van der Waals surface area (Å²) in [6.45, 7) is 5.78. The molecule has 0 spiro atoms. The molecule has 1 amide bonds. The van der Waals surface area contributed by atoms with Crippen LogP contribution in [0.4, 0.5) is 5.69 Å². The van der Waals surface area contributed by atoms with Crippen LogP contribution < -0.4 is 10.1 Å². The largest absolute Gasteiger partial charge is 0.484 e. The van der Waals surface area contributed by atoms with Crippen LogP contribution in [0, 0.1) is 20.8 Å². The maximum Gasteiger partial charge on any atom is 0.262 e. The van der Waals surface area contributed by atoms with Gasteiger partial charge in [0.25, 0.3) is 11.9 Å². The molecule has 0 bridgehead atoms. The van der Waals surface area contributed by atoms with Gasteiger partial charge in [-0.2, -0.15) is 5.10 Å². The normalized spacial score (nSPS) is 10.6. The molecule has 0 aliphatic rings. The number of aromatic nitrogens is 4. The van der Waals surface area contributed by atoms with Crippen LogP contribution in [0.3, 0.4) is 0 Å². The summed E-state index contributed by atoms with van der Waals surface area (Å²) in [7, 11) is 0. The minimum atomic E-state index is -0.307. The summed E-state index contributed by atoms with van der Waals surface area (Å²) in [5, 5.41) is 7.71. The van der Waals surface area contributed by atoms with Crippen molar-refractivity contribution in [2.24, 2.45) is 0 Å². The third-order valence-electron chi connectivity index (χ3n) is 3.95. The number of nitrogens with zero attached hydrogens (tertiary/aromatic N) is 4. The maximum absolute atomic E-state index is 12.0. The molecule has 0 aliphatic heterocycles. The Hall–Kier alpha value is -2.93. The van der Waals surface area contributed by atoms with Crippen LogP contribution >= 0.6 is 11.6 Å². The van der Waals surface area contributed by atoms with Gasteiger partial charge in [-0.05, 0) is 50.6 Å². The molecule has 2 heterocycles. The molecule has 3 aromatic rings. The molecule has 7 nitrogen and oxygen atoms in total. The van der Waals surface area contributed by atoms with Crippen molar-refractivity contribution in [3.8, 4) is 11.7 Å². The van der Waals surface area contributed by atoms with E-state index in [1.54, 1.807) is 28.9 Å². The van der Waals surface area contributed by atoms with Crippen LogP contribution in [0.15, 0.2) is 36.7 Å². The molecule has 0 fully saturated rings. The van der Waals surface area contributed by atoms with Crippen molar-refractivity contribution in [2.75, 3.05) is 11.9 Å². The van der Waals surface area contributed by atoms with Crippen molar-refractivity contribution >= 4 is 23.2 Å². The molecule has 0 atom stereocenters. The lowest BCUT2D eigenvalue weighted by Crippen LogP contribution is -2.20. The van der Waals surface area contributed by atoms with E-state index in [2.05, 4.69) is 20.4 Å². The molecule has 3 rings (SSSR count). The van der Waals surface area contributed by atoms with Crippen molar-refractivity contribution in [1.29, 1.82) is 0 Å². The van der Waals surface area contributed by atoms with Crippen LogP contribution in [0.5, 0.6) is 5.75 Å². The van der Waals surface area contributed by atoms with Crippen LogP contribution in [-0.2, 0) is 4.79 Å². The number of carbonyl (C=O) groups excluding carboxylic acids is 1. The van der Waals surface area contributed by atoms with Crippen molar-refractivity contribution < 1.29 is 9.53 Å². The number of aryl methyl sites for hydroxylation is 1. The third kappa shape index (κ3) is 4.00. The lowest BCUT2D eigenvalue weighted by molar-refractivity contribution is -0.118. The number of ether oxygens (including phenoxy) is 1. The van der Waals surface area contributed by atoms with E-state index in [9.17, 15) is 4.79 Å². The summed E-state index contributed by atoms with van der Waals surface area (Å²) in [5.74, 6) is 0.711. The number of amides is 1. The molecule has 1 N–H and O–H groups in total. The molecule has 0 saturated heterocycles. The van der Waals surface area contributed by atoms with E-state index in [1.165, 1.54) is 12.4 Å². The number of carbonyl (C=O) groups is 1. The van der Waals surface area contributed by atoms with E-state index in [1.807, 2.05) is 20.8 Å². The average molecular weight is 372 g/mol. The minimum absolute atomic E-state index is 0.125. The van der Waals surface area contributed by atoms with Crippen LogP contribution in [0.1, 0.15) is 17.0 Å². The maximum atomic E-state index is 12.0. The fourth-order valence-electron chi connectivity index (χ4n) is 2.29. The zero-order valence-corrected chi connectivity index (χ0v) is 15.4. The first-order chi connectivity index (χ1) is 12.4. The SMILES string of the molecule is Cc1nn(-c2ncc(NC(=O)COc3ccc(Cl)cc3)cn2)c(C)c1C. The van der Waals surface area contributed by atoms with Crippen LogP contribution in [0.2, 0.25) is 5.02 Å². The second-order valence-corrected chi connectivity index (χ2v) is 6.21. The van der Waals surface area contributed by atoms with Gasteiger partial charge in [0.2, 0.25) is 0 Å². The Morgan fingerprint density at radius 2 is 1.81 bits per heavy atom. The number of halogens is 1. The van der Waals surface area contributed by atoms with Gasteiger partial charge in [0.15, 0.2) is 6.61 Å². The van der Waals surface area contributed by atoms with Gasteiger partial charge in [-0.25, -0.2) is 14.6 Å². The second kappa shape index (κ2) is 7.53. The number of benzene rings is 1. The van der Waals surface area contributed by atoms with E-state index >= 15 is 0 Å². The monoisotopic (exact) mass is 371 g/mol. The van der Waals surface area contributed by atoms with Gasteiger partial charge in [0.1, 0.15) is 5.75 Å². The first kappa shape index (κ1) is 17.9. The summed E-state index contributed by atoms with van der Waals surface area (Å²) < 4.78 is 7.07. The Morgan fingerprint density at radius 1 is 1.15 bits per heavy atom. The lowest BCUT2D eigenvalue weighted by Gasteiger charge is -2.08. The third-order valence-corrected chi connectivity index (χ3v) is 4.20. The zero-order chi connectivity index (χ0) is 18.7. The van der Waals surface area contributed by atoms with E-state index in [-0.39, 0.29) is 12.5 Å². The Labute approximate surface area is 156 Å². The predicted molar refractivity (Wildman–Crippen MR) is 98.9 cm³/mol. The fourth-order valence-corrected chi connectivity index (χ4v) is 2.41. The molecule has 0 aliphatic carbocycles. The van der Waals surface area contributed by atoms with Gasteiger partial charge >= 0.3 is 0 Å². The fraction of sp³-hybridized carbons (Fsp3) is 0.222. The van der Waals surface area contributed by atoms with Crippen LogP contribution in [0.25, 0.3) is 5.95 Å². The molecule has 0 saturated carbocycles. The molecule has 8 heteroatoms. The predicted octanol–water partition coefficient (Wildman–Crippen LogP) is 3.26. The van der Waals surface area contributed by atoms with Gasteiger partial charge in [-0.15, -0.1) is 0 Å². The number of rotatable bonds is 5. The second-order valence-electron chi connectivity index (χ2n) is 5.77. The van der Waals surface area contributed by atoms with Gasteiger partial charge in [0, 0.05) is 10.7 Å². The highest BCUT2D eigenvalue weighted by atomic mass is 35.5. The molecule has 134 valence electrons. The Balaban J connectivity index is 1.60. The summed E-state index contributed by atoms with van der Waals surface area (Å²) >= 11 is 5.80. The van der Waals surface area contributed by atoms with Gasteiger partial charge < -0.3 is 10.1 Å². The van der Waals surface area contributed by atoms with Crippen molar-refractivity contribution in [1.82, 2.24) is 19.7 Å². The molecular formula is C18H18ClN5O2. The topological polar surface area (TPSA) is 81.9 Å². The molecular weight excluding hydrogens is 354 g/mol. The summed E-state index contributed by atoms with van der Waals surface area (Å²) in [5.41, 5.74) is 3.50. The highest BCUT2D eigenvalue weighted by Crippen LogP contribution is 2.16. The minimum Gasteiger partial charge on any atom is -0.484 e. The number of hydrogen-bond acceptors (Lipinski definition) is 5. The van der Waals surface area contributed by atoms with Gasteiger partial charge in [0.05, 0.1) is 23.8 Å². The van der Waals surface area contributed by atoms with Gasteiger partial charge in [-0.1, -0.05) is 11.6 Å². The Kier molecular flexibility index (Phi) is 5.18. The summed E-state index contributed by atoms with van der Waals surface area (Å²) in [6.07, 6.45) is 3.07. The van der Waals surface area contributed by atoms with Crippen LogP contribution in [-0.4, -0.2) is 32.3 Å². The van der Waals surface area contributed by atoms with Crippen molar-refractivity contribution in [3.63, 3.8) is 0 Å². The van der Waals surface area contributed by atoms with Crippen molar-refractivity contribution in [3.05, 3.63) is 58.6 Å². The lowest BCUT2D eigenvalue weighted by atomic mass is 10.2. The highest BCUT2D eigenvalue weighted by Gasteiger charge is 2.11. The Morgan fingerprint density at radius 3 is 2.38 bits per heavy atom. The highest BCUT2D eigenvalue weighted by molar-refractivity contribution is 6.30. The number of nitrogens with one attached hydrogen (secondary N) is 1. The molecule has 1 aromatic carbocycles. The smallest absolute Gasteiger partial charge is 0.262 e.